The topological polar surface area (TPSA) is 89.1 Å². The first-order valence-corrected chi connectivity index (χ1v) is 6.74. The third-order valence-electron chi connectivity index (χ3n) is 2.59. The van der Waals surface area contributed by atoms with Gasteiger partial charge in [-0.05, 0) is 24.3 Å². The van der Waals surface area contributed by atoms with Gasteiger partial charge in [0, 0.05) is 17.1 Å². The Morgan fingerprint density at radius 1 is 1.35 bits per heavy atom. The molecular weight excluding hydrogens is 278 g/mol. The number of thioether (sulfide) groups is 1. The van der Waals surface area contributed by atoms with Crippen molar-refractivity contribution in [3.63, 3.8) is 0 Å². The lowest BCUT2D eigenvalue weighted by atomic mass is 10.1. The van der Waals surface area contributed by atoms with Crippen LogP contribution < -0.4 is 0 Å². The summed E-state index contributed by atoms with van der Waals surface area (Å²) in [5.74, 6) is -0.598. The molecule has 100 valence electrons. The van der Waals surface area contributed by atoms with E-state index in [0.717, 1.165) is 28.2 Å². The van der Waals surface area contributed by atoms with Gasteiger partial charge in [0.25, 0.3) is 5.22 Å². The third kappa shape index (κ3) is 2.62. The average Bonchev–Trinajstić information content (AvgIpc) is 2.93. The molecule has 20 heavy (non-hydrogen) atoms. The van der Waals surface area contributed by atoms with Crippen LogP contribution in [0.5, 0.6) is 0 Å². The molecule has 3 rings (SSSR count). The highest BCUT2D eigenvalue weighted by Gasteiger charge is 2.11. The minimum absolute atomic E-state index is 0.108. The maximum atomic E-state index is 10.5. The Labute approximate surface area is 117 Å². The van der Waals surface area contributed by atoms with Crippen LogP contribution in [0, 0.1) is 0 Å². The van der Waals surface area contributed by atoms with Crippen LogP contribution in [-0.4, -0.2) is 32.0 Å². The van der Waals surface area contributed by atoms with Gasteiger partial charge in [-0.1, -0.05) is 23.0 Å². The predicted octanol–water partition coefficient (Wildman–Crippen LogP) is 2.46. The smallest absolute Gasteiger partial charge is 0.314 e. The number of aliphatic carboxylic acids is 1. The van der Waals surface area contributed by atoms with E-state index in [0.29, 0.717) is 5.82 Å². The zero-order valence-corrected chi connectivity index (χ0v) is 11.0. The van der Waals surface area contributed by atoms with Crippen LogP contribution in [0.15, 0.2) is 46.3 Å². The second kappa shape index (κ2) is 5.30. The molecule has 0 saturated carbocycles. The van der Waals surface area contributed by atoms with Crippen LogP contribution in [0.3, 0.4) is 0 Å². The highest BCUT2D eigenvalue weighted by Crippen LogP contribution is 2.23. The normalized spacial score (nSPS) is 10.8. The van der Waals surface area contributed by atoms with Crippen molar-refractivity contribution < 1.29 is 14.4 Å². The molecule has 0 radical (unpaired) electrons. The zero-order chi connectivity index (χ0) is 13.9. The van der Waals surface area contributed by atoms with Crippen molar-refractivity contribution in [2.45, 2.75) is 5.22 Å². The SMILES string of the molecule is O=C(O)CSc1nc(-c2ccc3ncccc3c2)no1. The molecule has 6 nitrogen and oxygen atoms in total. The zero-order valence-electron chi connectivity index (χ0n) is 10.2. The molecule has 0 amide bonds. The Morgan fingerprint density at radius 2 is 2.25 bits per heavy atom. The van der Waals surface area contributed by atoms with Gasteiger partial charge < -0.3 is 9.63 Å². The van der Waals surface area contributed by atoms with Gasteiger partial charge in [-0.2, -0.15) is 4.98 Å². The monoisotopic (exact) mass is 287 g/mol. The van der Waals surface area contributed by atoms with Crippen molar-refractivity contribution in [1.82, 2.24) is 15.1 Å². The molecule has 3 aromatic rings. The summed E-state index contributed by atoms with van der Waals surface area (Å²) in [5, 5.41) is 13.7. The predicted molar refractivity (Wildman–Crippen MR) is 73.4 cm³/mol. The van der Waals surface area contributed by atoms with E-state index in [1.165, 1.54) is 0 Å². The van der Waals surface area contributed by atoms with Gasteiger partial charge in [-0.15, -0.1) is 0 Å². The highest BCUT2D eigenvalue weighted by atomic mass is 32.2. The number of pyridine rings is 1. The minimum Gasteiger partial charge on any atom is -0.481 e. The summed E-state index contributed by atoms with van der Waals surface area (Å²) in [5.41, 5.74) is 1.69. The molecule has 0 aliphatic carbocycles. The van der Waals surface area contributed by atoms with Crippen molar-refractivity contribution >= 4 is 28.6 Å². The summed E-state index contributed by atoms with van der Waals surface area (Å²) in [6.07, 6.45) is 1.73. The lowest BCUT2D eigenvalue weighted by Crippen LogP contribution is -1.97. The maximum Gasteiger partial charge on any atom is 0.314 e. The van der Waals surface area contributed by atoms with Gasteiger partial charge in [0.1, 0.15) is 5.75 Å². The molecule has 0 spiro atoms. The van der Waals surface area contributed by atoms with Crippen LogP contribution >= 0.6 is 11.8 Å². The molecule has 7 heteroatoms. The lowest BCUT2D eigenvalue weighted by Gasteiger charge is -1.98. The van der Waals surface area contributed by atoms with E-state index in [-0.39, 0.29) is 11.0 Å². The van der Waals surface area contributed by atoms with Gasteiger partial charge in [0.05, 0.1) is 5.52 Å². The summed E-state index contributed by atoms with van der Waals surface area (Å²) in [6.45, 7) is 0. The molecule has 0 bridgehead atoms. The summed E-state index contributed by atoms with van der Waals surface area (Å²) in [6, 6.07) is 9.46. The van der Waals surface area contributed by atoms with Crippen LogP contribution in [0.4, 0.5) is 0 Å². The van der Waals surface area contributed by atoms with Gasteiger partial charge in [-0.25, -0.2) is 0 Å². The molecule has 1 aromatic carbocycles. The van der Waals surface area contributed by atoms with Gasteiger partial charge >= 0.3 is 5.97 Å². The summed E-state index contributed by atoms with van der Waals surface area (Å²) >= 11 is 0.995. The minimum atomic E-state index is -0.925. The van der Waals surface area contributed by atoms with Gasteiger partial charge in [0.2, 0.25) is 5.82 Å². The molecule has 0 fully saturated rings. The first-order valence-electron chi connectivity index (χ1n) is 5.76. The number of carbonyl (C=O) groups is 1. The number of nitrogens with zero attached hydrogens (tertiary/aromatic N) is 3. The Balaban J connectivity index is 1.89. The first kappa shape index (κ1) is 12.6. The fourth-order valence-electron chi connectivity index (χ4n) is 1.72. The molecule has 2 heterocycles. The largest absolute Gasteiger partial charge is 0.481 e. The van der Waals surface area contributed by atoms with Crippen LogP contribution in [0.1, 0.15) is 0 Å². The quantitative estimate of drug-likeness (QED) is 0.737. The van der Waals surface area contributed by atoms with Crippen LogP contribution in [0.2, 0.25) is 0 Å². The number of rotatable bonds is 4. The molecule has 0 aliphatic rings. The number of benzene rings is 1. The number of hydrogen-bond donors (Lipinski definition) is 1. The Hall–Kier alpha value is -2.41. The van der Waals surface area contributed by atoms with Crippen molar-refractivity contribution in [2.24, 2.45) is 0 Å². The summed E-state index contributed by atoms with van der Waals surface area (Å²) in [7, 11) is 0. The number of hydrogen-bond acceptors (Lipinski definition) is 6. The second-order valence-corrected chi connectivity index (χ2v) is 4.90. The fourth-order valence-corrected chi connectivity index (χ4v) is 2.21. The van der Waals surface area contributed by atoms with Crippen LogP contribution in [0.25, 0.3) is 22.3 Å². The molecule has 0 saturated heterocycles. The number of carboxylic acids is 1. The Kier molecular flexibility index (Phi) is 3.34. The van der Waals surface area contributed by atoms with E-state index in [4.69, 9.17) is 9.63 Å². The van der Waals surface area contributed by atoms with E-state index in [1.807, 2.05) is 30.3 Å². The number of carboxylic acid groups (broad SMARTS) is 1. The van der Waals surface area contributed by atoms with E-state index in [2.05, 4.69) is 15.1 Å². The van der Waals surface area contributed by atoms with Crippen molar-refractivity contribution in [3.05, 3.63) is 36.5 Å². The molecule has 0 atom stereocenters. The van der Waals surface area contributed by atoms with Crippen LogP contribution in [-0.2, 0) is 4.79 Å². The van der Waals surface area contributed by atoms with E-state index in [1.54, 1.807) is 6.20 Å². The third-order valence-corrected chi connectivity index (χ3v) is 3.39. The summed E-state index contributed by atoms with van der Waals surface area (Å²) < 4.78 is 5.00. The number of fused-ring (bicyclic) bond motifs is 1. The lowest BCUT2D eigenvalue weighted by molar-refractivity contribution is -0.133. The first-order chi connectivity index (χ1) is 9.72. The van der Waals surface area contributed by atoms with E-state index in [9.17, 15) is 4.79 Å². The molecule has 0 aliphatic heterocycles. The van der Waals surface area contributed by atoms with Gasteiger partial charge in [-0.3, -0.25) is 9.78 Å². The Bertz CT molecular complexity index is 772. The number of aromatic nitrogens is 3. The maximum absolute atomic E-state index is 10.5. The molecular formula is C13H9N3O3S. The molecule has 2 aromatic heterocycles. The fraction of sp³-hybridized carbons (Fsp3) is 0.0769. The Morgan fingerprint density at radius 3 is 3.10 bits per heavy atom. The summed E-state index contributed by atoms with van der Waals surface area (Å²) in [4.78, 5) is 18.9. The molecule has 1 N–H and O–H groups in total. The van der Waals surface area contributed by atoms with Crippen molar-refractivity contribution in [3.8, 4) is 11.4 Å². The average molecular weight is 287 g/mol. The second-order valence-electron chi connectivity index (χ2n) is 3.98. The van der Waals surface area contributed by atoms with Crippen molar-refractivity contribution in [1.29, 1.82) is 0 Å². The van der Waals surface area contributed by atoms with Gasteiger partial charge in [0.15, 0.2) is 0 Å². The van der Waals surface area contributed by atoms with E-state index < -0.39 is 5.97 Å². The van der Waals surface area contributed by atoms with Crippen molar-refractivity contribution in [2.75, 3.05) is 5.75 Å². The molecule has 0 unspecified atom stereocenters. The standard InChI is InChI=1S/C13H9N3O3S/c17-11(18)7-20-13-15-12(16-19-13)9-3-4-10-8(6-9)2-1-5-14-10/h1-6H,7H2,(H,17,18). The van der Waals surface area contributed by atoms with E-state index >= 15 is 0 Å². The highest BCUT2D eigenvalue weighted by molar-refractivity contribution is 7.99.